The summed E-state index contributed by atoms with van der Waals surface area (Å²) in [6.45, 7) is 2.92. The Balaban J connectivity index is 2.33. The second kappa shape index (κ2) is 4.07. The van der Waals surface area contributed by atoms with Gasteiger partial charge in [0.05, 0.1) is 5.52 Å². The van der Waals surface area contributed by atoms with Crippen LogP contribution >= 0.6 is 11.5 Å². The molecule has 14 heavy (non-hydrogen) atoms. The van der Waals surface area contributed by atoms with Crippen LogP contribution in [0.3, 0.4) is 0 Å². The lowest BCUT2D eigenvalue weighted by atomic mass is 10.1. The lowest BCUT2D eigenvalue weighted by Crippen LogP contribution is -2.12. The minimum absolute atomic E-state index is 0.541. The summed E-state index contributed by atoms with van der Waals surface area (Å²) in [4.78, 5) is 1.36. The van der Waals surface area contributed by atoms with Crippen LogP contribution in [-0.2, 0) is 6.42 Å². The molecule has 0 aliphatic heterocycles. The Kier molecular flexibility index (Phi) is 2.79. The SMILES string of the molecule is CC(CN)Cc1snc2ccccc12. The summed E-state index contributed by atoms with van der Waals surface area (Å²) in [5, 5.41) is 1.29. The number of nitrogens with zero attached hydrogens (tertiary/aromatic N) is 1. The van der Waals surface area contributed by atoms with Crippen molar-refractivity contribution in [1.29, 1.82) is 0 Å². The molecule has 3 heteroatoms. The fraction of sp³-hybridized carbons (Fsp3) is 0.364. The lowest BCUT2D eigenvalue weighted by Gasteiger charge is -2.05. The Morgan fingerprint density at radius 3 is 3.00 bits per heavy atom. The van der Waals surface area contributed by atoms with E-state index in [0.717, 1.165) is 18.5 Å². The molecule has 1 aromatic carbocycles. The van der Waals surface area contributed by atoms with Gasteiger partial charge in [-0.2, -0.15) is 4.37 Å². The third kappa shape index (κ3) is 1.79. The Morgan fingerprint density at radius 2 is 2.21 bits per heavy atom. The van der Waals surface area contributed by atoms with Gasteiger partial charge in [-0.15, -0.1) is 0 Å². The second-order valence-corrected chi connectivity index (χ2v) is 4.53. The second-order valence-electron chi connectivity index (χ2n) is 3.67. The molecule has 0 aliphatic carbocycles. The molecule has 1 unspecified atom stereocenters. The molecule has 1 heterocycles. The van der Waals surface area contributed by atoms with Crippen LogP contribution in [0, 0.1) is 5.92 Å². The smallest absolute Gasteiger partial charge is 0.0843 e. The van der Waals surface area contributed by atoms with Crippen molar-refractivity contribution in [3.63, 3.8) is 0 Å². The molecule has 1 aromatic heterocycles. The molecule has 2 N–H and O–H groups in total. The summed E-state index contributed by atoms with van der Waals surface area (Å²) in [6, 6.07) is 8.28. The third-order valence-corrected chi connectivity index (χ3v) is 3.29. The first-order valence-corrected chi connectivity index (χ1v) is 5.62. The molecule has 0 fully saturated rings. The van der Waals surface area contributed by atoms with E-state index in [1.54, 1.807) is 11.5 Å². The molecule has 1 atom stereocenters. The van der Waals surface area contributed by atoms with Crippen molar-refractivity contribution in [3.05, 3.63) is 29.1 Å². The van der Waals surface area contributed by atoms with E-state index in [-0.39, 0.29) is 0 Å². The maximum Gasteiger partial charge on any atom is 0.0843 e. The van der Waals surface area contributed by atoms with E-state index in [1.165, 1.54) is 10.3 Å². The highest BCUT2D eigenvalue weighted by atomic mass is 32.1. The molecule has 0 saturated carbocycles. The summed E-state index contributed by atoms with van der Waals surface area (Å²) in [7, 11) is 0. The standard InChI is InChI=1S/C11H14N2S/c1-8(7-12)6-11-9-4-2-3-5-10(9)13-14-11/h2-5,8H,6-7,12H2,1H3. The fourth-order valence-electron chi connectivity index (χ4n) is 1.49. The molecule has 2 aromatic rings. The predicted molar refractivity (Wildman–Crippen MR) is 61.5 cm³/mol. The van der Waals surface area contributed by atoms with Gasteiger partial charge >= 0.3 is 0 Å². The van der Waals surface area contributed by atoms with Crippen LogP contribution in [0.4, 0.5) is 0 Å². The van der Waals surface area contributed by atoms with Crippen molar-refractivity contribution in [2.75, 3.05) is 6.54 Å². The largest absolute Gasteiger partial charge is 0.330 e. The Hall–Kier alpha value is -0.930. The van der Waals surface area contributed by atoms with Crippen molar-refractivity contribution in [2.24, 2.45) is 11.7 Å². The van der Waals surface area contributed by atoms with Crippen LogP contribution in [-0.4, -0.2) is 10.9 Å². The van der Waals surface area contributed by atoms with Crippen LogP contribution in [0.25, 0.3) is 10.9 Å². The minimum atomic E-state index is 0.541. The van der Waals surface area contributed by atoms with Crippen LogP contribution in [0.5, 0.6) is 0 Å². The van der Waals surface area contributed by atoms with Crippen molar-refractivity contribution in [2.45, 2.75) is 13.3 Å². The van der Waals surface area contributed by atoms with Crippen molar-refractivity contribution >= 4 is 22.4 Å². The first-order valence-electron chi connectivity index (χ1n) is 4.84. The quantitative estimate of drug-likeness (QED) is 0.837. The van der Waals surface area contributed by atoms with Gasteiger partial charge in [-0.1, -0.05) is 25.1 Å². The summed E-state index contributed by atoms with van der Waals surface area (Å²) in [6.07, 6.45) is 1.04. The molecule has 2 nitrogen and oxygen atoms in total. The molecule has 0 spiro atoms. The number of hydrogen-bond donors (Lipinski definition) is 1. The van der Waals surface area contributed by atoms with E-state index < -0.39 is 0 Å². The third-order valence-electron chi connectivity index (χ3n) is 2.39. The number of benzene rings is 1. The highest BCUT2D eigenvalue weighted by molar-refractivity contribution is 7.07. The number of aromatic nitrogens is 1. The van der Waals surface area contributed by atoms with E-state index in [1.807, 2.05) is 6.07 Å². The molecule has 2 rings (SSSR count). The van der Waals surface area contributed by atoms with Gasteiger partial charge in [-0.3, -0.25) is 0 Å². The molecule has 0 amide bonds. The average molecular weight is 206 g/mol. The van der Waals surface area contributed by atoms with Gasteiger partial charge in [0.25, 0.3) is 0 Å². The van der Waals surface area contributed by atoms with Crippen LogP contribution in [0.15, 0.2) is 24.3 Å². The van der Waals surface area contributed by atoms with Gasteiger partial charge in [0.2, 0.25) is 0 Å². The summed E-state index contributed by atoms with van der Waals surface area (Å²) in [5.74, 6) is 0.541. The van der Waals surface area contributed by atoms with Crippen LogP contribution in [0.2, 0.25) is 0 Å². The zero-order chi connectivity index (χ0) is 9.97. The summed E-state index contributed by atoms with van der Waals surface area (Å²) >= 11 is 1.60. The molecular weight excluding hydrogens is 192 g/mol. The van der Waals surface area contributed by atoms with E-state index in [9.17, 15) is 0 Å². The summed E-state index contributed by atoms with van der Waals surface area (Å²) in [5.41, 5.74) is 6.72. The van der Waals surface area contributed by atoms with Crippen molar-refractivity contribution in [3.8, 4) is 0 Å². The monoisotopic (exact) mass is 206 g/mol. The number of fused-ring (bicyclic) bond motifs is 1. The number of rotatable bonds is 3. The predicted octanol–water partition coefficient (Wildman–Crippen LogP) is 2.43. The van der Waals surface area contributed by atoms with E-state index in [4.69, 9.17) is 5.73 Å². The van der Waals surface area contributed by atoms with Gasteiger partial charge < -0.3 is 5.73 Å². The van der Waals surface area contributed by atoms with Gasteiger partial charge in [0.1, 0.15) is 0 Å². The minimum Gasteiger partial charge on any atom is -0.330 e. The van der Waals surface area contributed by atoms with Gasteiger partial charge in [0.15, 0.2) is 0 Å². The Labute approximate surface area is 87.9 Å². The summed E-state index contributed by atoms with van der Waals surface area (Å²) < 4.78 is 4.41. The van der Waals surface area contributed by atoms with E-state index in [2.05, 4.69) is 29.5 Å². The van der Waals surface area contributed by atoms with E-state index in [0.29, 0.717) is 5.92 Å². The topological polar surface area (TPSA) is 38.9 Å². The van der Waals surface area contributed by atoms with Crippen molar-refractivity contribution < 1.29 is 0 Å². The highest BCUT2D eigenvalue weighted by Gasteiger charge is 2.08. The maximum absolute atomic E-state index is 5.62. The first-order chi connectivity index (χ1) is 6.81. The zero-order valence-corrected chi connectivity index (χ0v) is 9.05. The Morgan fingerprint density at radius 1 is 1.43 bits per heavy atom. The maximum atomic E-state index is 5.62. The van der Waals surface area contributed by atoms with Gasteiger partial charge in [0, 0.05) is 10.3 Å². The van der Waals surface area contributed by atoms with Crippen molar-refractivity contribution in [1.82, 2.24) is 4.37 Å². The molecule has 0 saturated heterocycles. The average Bonchev–Trinajstić information content (AvgIpc) is 2.62. The Bertz CT molecular complexity index is 422. The molecule has 0 bridgehead atoms. The normalized spacial score (nSPS) is 13.3. The number of nitrogens with two attached hydrogens (primary N) is 1. The van der Waals surface area contributed by atoms with Gasteiger partial charge in [-0.25, -0.2) is 0 Å². The van der Waals surface area contributed by atoms with Gasteiger partial charge in [-0.05, 0) is 36.5 Å². The molecule has 0 radical (unpaired) electrons. The number of hydrogen-bond acceptors (Lipinski definition) is 3. The highest BCUT2D eigenvalue weighted by Crippen LogP contribution is 2.24. The van der Waals surface area contributed by atoms with E-state index >= 15 is 0 Å². The molecule has 0 aliphatic rings. The molecule has 74 valence electrons. The van der Waals surface area contributed by atoms with Crippen LogP contribution < -0.4 is 5.73 Å². The molecular formula is C11H14N2S. The van der Waals surface area contributed by atoms with Crippen LogP contribution in [0.1, 0.15) is 11.8 Å². The lowest BCUT2D eigenvalue weighted by molar-refractivity contribution is 0.600. The zero-order valence-electron chi connectivity index (χ0n) is 8.23. The fourth-order valence-corrected chi connectivity index (χ4v) is 2.49. The first kappa shape index (κ1) is 9.62.